The quantitative estimate of drug-likeness (QED) is 0.893. The van der Waals surface area contributed by atoms with Crippen molar-refractivity contribution < 1.29 is 13.2 Å². The van der Waals surface area contributed by atoms with Gasteiger partial charge in [-0.05, 0) is 62.4 Å². The molecule has 0 aromatic heterocycles. The lowest BCUT2D eigenvalue weighted by Crippen LogP contribution is -2.30. The molecule has 100 valence electrons. The Kier molecular flexibility index (Phi) is 3.86. The van der Waals surface area contributed by atoms with E-state index in [4.69, 9.17) is 0 Å². The third kappa shape index (κ3) is 2.41. The van der Waals surface area contributed by atoms with Gasteiger partial charge in [-0.15, -0.1) is 0 Å². The smallest absolute Gasteiger partial charge is 0.264 e. The van der Waals surface area contributed by atoms with Crippen LogP contribution in [-0.2, 0) is 14.8 Å². The highest BCUT2D eigenvalue weighted by Crippen LogP contribution is 2.29. The highest BCUT2D eigenvalue weighted by atomic mass is 32.2. The van der Waals surface area contributed by atoms with Crippen LogP contribution in [0.1, 0.15) is 34.7 Å². The fraction of sp³-hybridized carbons (Fsp3) is 0.462. The minimum Gasteiger partial charge on any atom is -0.274 e. The number of rotatable bonds is 2. The van der Waals surface area contributed by atoms with Gasteiger partial charge < -0.3 is 0 Å². The summed E-state index contributed by atoms with van der Waals surface area (Å²) >= 11 is 0. The second kappa shape index (κ2) is 4.72. The molecule has 1 aromatic carbocycles. The number of hydrogen-bond donors (Lipinski definition) is 1. The van der Waals surface area contributed by atoms with Gasteiger partial charge >= 0.3 is 0 Å². The van der Waals surface area contributed by atoms with Gasteiger partial charge in [0.25, 0.3) is 10.0 Å². The molecule has 4 nitrogen and oxygen atoms in total. The molecule has 0 aliphatic heterocycles. The number of hydrogen-bond acceptors (Lipinski definition) is 3. The Balaban J connectivity index is 3.67. The van der Waals surface area contributed by atoms with Gasteiger partial charge in [-0.1, -0.05) is 0 Å². The molecule has 0 aliphatic rings. The maximum atomic E-state index is 12.2. The van der Waals surface area contributed by atoms with Crippen LogP contribution >= 0.6 is 0 Å². The zero-order valence-electron chi connectivity index (χ0n) is 11.6. The summed E-state index contributed by atoms with van der Waals surface area (Å²) in [6.45, 7) is 10.5. The van der Waals surface area contributed by atoms with E-state index in [-0.39, 0.29) is 4.90 Å². The van der Waals surface area contributed by atoms with Crippen LogP contribution in [0.5, 0.6) is 0 Å². The first-order valence-electron chi connectivity index (χ1n) is 5.70. The molecule has 1 aromatic rings. The number of amides is 1. The molecular weight excluding hydrogens is 250 g/mol. The van der Waals surface area contributed by atoms with Crippen LogP contribution in [0.2, 0.25) is 0 Å². The molecule has 0 bridgehead atoms. The monoisotopic (exact) mass is 269 g/mol. The van der Waals surface area contributed by atoms with Gasteiger partial charge in [0.05, 0.1) is 4.90 Å². The minimum atomic E-state index is -3.78. The van der Waals surface area contributed by atoms with Gasteiger partial charge in [0.15, 0.2) is 0 Å². The summed E-state index contributed by atoms with van der Waals surface area (Å²) in [7, 11) is -3.78. The molecule has 1 N–H and O–H groups in total. The Morgan fingerprint density at radius 3 is 1.50 bits per heavy atom. The number of carbonyl (C=O) groups is 1. The molecule has 0 aliphatic carbocycles. The first-order chi connectivity index (χ1) is 8.09. The number of sulfonamides is 1. The summed E-state index contributed by atoms with van der Waals surface area (Å²) in [5.74, 6) is -0.579. The fourth-order valence-corrected chi connectivity index (χ4v) is 3.70. The van der Waals surface area contributed by atoms with Crippen LogP contribution in [0.25, 0.3) is 0 Å². The van der Waals surface area contributed by atoms with Gasteiger partial charge in [0.2, 0.25) is 5.91 Å². The van der Waals surface area contributed by atoms with E-state index in [0.717, 1.165) is 16.7 Å². The van der Waals surface area contributed by atoms with E-state index in [1.165, 1.54) is 6.92 Å². The molecule has 0 spiro atoms. The number of carbonyl (C=O) groups excluding carboxylic acids is 1. The van der Waals surface area contributed by atoms with E-state index in [9.17, 15) is 13.2 Å². The lowest BCUT2D eigenvalue weighted by atomic mass is 9.95. The molecule has 0 heterocycles. The molecular formula is C13H19NO3S. The highest BCUT2D eigenvalue weighted by Gasteiger charge is 2.24. The Bertz CT molecular complexity index is 587. The molecule has 1 rings (SSSR count). The first kappa shape index (κ1) is 14.7. The number of benzene rings is 1. The van der Waals surface area contributed by atoms with Crippen molar-refractivity contribution in [2.75, 3.05) is 0 Å². The molecule has 0 saturated heterocycles. The maximum absolute atomic E-state index is 12.2. The van der Waals surface area contributed by atoms with Crippen LogP contribution in [-0.4, -0.2) is 14.3 Å². The van der Waals surface area contributed by atoms with Crippen LogP contribution in [0.15, 0.2) is 4.90 Å². The summed E-state index contributed by atoms with van der Waals surface area (Å²) in [6, 6.07) is 0. The van der Waals surface area contributed by atoms with Crippen molar-refractivity contribution >= 4 is 15.9 Å². The third-order valence-electron chi connectivity index (χ3n) is 3.48. The minimum absolute atomic E-state index is 0.221. The molecule has 0 atom stereocenters. The average Bonchev–Trinajstić information content (AvgIpc) is 2.21. The summed E-state index contributed by atoms with van der Waals surface area (Å²) in [5, 5.41) is 0. The molecule has 0 unspecified atom stereocenters. The summed E-state index contributed by atoms with van der Waals surface area (Å²) < 4.78 is 26.4. The molecule has 1 amide bonds. The van der Waals surface area contributed by atoms with Crippen LogP contribution in [0.4, 0.5) is 0 Å². The summed E-state index contributed by atoms with van der Waals surface area (Å²) in [6.07, 6.45) is 0. The Hall–Kier alpha value is -1.36. The van der Waals surface area contributed by atoms with Crippen LogP contribution in [0.3, 0.4) is 0 Å². The fourth-order valence-electron chi connectivity index (χ4n) is 2.11. The predicted molar refractivity (Wildman–Crippen MR) is 71.1 cm³/mol. The zero-order chi connectivity index (χ0) is 14.2. The normalized spacial score (nSPS) is 11.4. The molecule has 18 heavy (non-hydrogen) atoms. The lowest BCUT2D eigenvalue weighted by molar-refractivity contribution is -0.117. The third-order valence-corrected chi connectivity index (χ3v) is 5.18. The molecule has 0 saturated carbocycles. The van der Waals surface area contributed by atoms with Gasteiger partial charge in [0.1, 0.15) is 0 Å². The van der Waals surface area contributed by atoms with Crippen molar-refractivity contribution in [3.05, 3.63) is 27.8 Å². The van der Waals surface area contributed by atoms with Crippen LogP contribution in [0, 0.1) is 34.6 Å². The SMILES string of the molecule is CC(=O)NS(=O)(=O)c1c(C)c(C)c(C)c(C)c1C. The molecule has 0 radical (unpaired) electrons. The summed E-state index contributed by atoms with van der Waals surface area (Å²) in [4.78, 5) is 11.2. The van der Waals surface area contributed by atoms with E-state index in [0.29, 0.717) is 11.1 Å². The van der Waals surface area contributed by atoms with Gasteiger partial charge in [-0.3, -0.25) is 4.79 Å². The number of nitrogens with one attached hydrogen (secondary N) is 1. The second-order valence-corrected chi connectivity index (χ2v) is 6.24. The topological polar surface area (TPSA) is 63.2 Å². The van der Waals surface area contributed by atoms with Crippen molar-refractivity contribution in [2.45, 2.75) is 46.4 Å². The maximum Gasteiger partial charge on any atom is 0.264 e. The van der Waals surface area contributed by atoms with Crippen molar-refractivity contribution in [1.29, 1.82) is 0 Å². The predicted octanol–water partition coefficient (Wildman–Crippen LogP) is 2.05. The van der Waals surface area contributed by atoms with E-state index in [1.807, 2.05) is 25.5 Å². The van der Waals surface area contributed by atoms with E-state index in [2.05, 4.69) is 0 Å². The lowest BCUT2D eigenvalue weighted by Gasteiger charge is -2.18. The molecule has 0 fully saturated rings. The van der Waals surface area contributed by atoms with Gasteiger partial charge in [-0.2, -0.15) is 0 Å². The van der Waals surface area contributed by atoms with Crippen LogP contribution < -0.4 is 4.72 Å². The zero-order valence-corrected chi connectivity index (χ0v) is 12.4. The van der Waals surface area contributed by atoms with Crippen molar-refractivity contribution in [2.24, 2.45) is 0 Å². The van der Waals surface area contributed by atoms with Gasteiger partial charge in [-0.25, -0.2) is 13.1 Å². The van der Waals surface area contributed by atoms with Crippen molar-refractivity contribution in [3.8, 4) is 0 Å². The highest BCUT2D eigenvalue weighted by molar-refractivity contribution is 7.90. The Labute approximate surface area is 108 Å². The van der Waals surface area contributed by atoms with E-state index in [1.54, 1.807) is 13.8 Å². The first-order valence-corrected chi connectivity index (χ1v) is 7.18. The standard InChI is InChI=1S/C13H19NO3S/c1-7-8(2)10(4)13(11(5)9(7)3)18(16,17)14-12(6)15/h1-6H3,(H,14,15). The molecule has 5 heteroatoms. The van der Waals surface area contributed by atoms with E-state index >= 15 is 0 Å². The average molecular weight is 269 g/mol. The Morgan fingerprint density at radius 2 is 1.17 bits per heavy atom. The van der Waals surface area contributed by atoms with Crippen molar-refractivity contribution in [3.63, 3.8) is 0 Å². The van der Waals surface area contributed by atoms with Gasteiger partial charge in [0, 0.05) is 6.92 Å². The van der Waals surface area contributed by atoms with Crippen molar-refractivity contribution in [1.82, 2.24) is 4.72 Å². The Morgan fingerprint density at radius 1 is 0.833 bits per heavy atom. The largest absolute Gasteiger partial charge is 0.274 e. The second-order valence-electron chi connectivity index (χ2n) is 4.62. The van der Waals surface area contributed by atoms with E-state index < -0.39 is 15.9 Å². The summed E-state index contributed by atoms with van der Waals surface area (Å²) in [5.41, 5.74) is 4.38.